The number of benzene rings is 1. The molecule has 2 saturated heterocycles. The van der Waals surface area contributed by atoms with Crippen molar-refractivity contribution in [1.82, 2.24) is 9.80 Å². The van der Waals surface area contributed by atoms with Gasteiger partial charge in [-0.2, -0.15) is 0 Å². The summed E-state index contributed by atoms with van der Waals surface area (Å²) in [5, 5.41) is 0. The third-order valence-corrected chi connectivity index (χ3v) is 7.41. The molecule has 0 aromatic heterocycles. The monoisotopic (exact) mass is 452 g/mol. The maximum atomic E-state index is 5.39. The van der Waals surface area contributed by atoms with E-state index < -0.39 is 0 Å². The molecule has 0 N–H and O–H groups in total. The minimum atomic E-state index is 0.795. The first-order valence-electron chi connectivity index (χ1n) is 10.9. The highest BCUT2D eigenvalue weighted by atomic mass is 79.9. The summed E-state index contributed by atoms with van der Waals surface area (Å²) in [5.74, 6) is 2.68. The van der Waals surface area contributed by atoms with Crippen LogP contribution in [0, 0.1) is 11.8 Å². The zero-order valence-electron chi connectivity index (χ0n) is 17.7. The molecule has 0 saturated carbocycles. The van der Waals surface area contributed by atoms with Gasteiger partial charge in [-0.15, -0.1) is 0 Å². The van der Waals surface area contributed by atoms with Crippen LogP contribution in [0.4, 0.5) is 0 Å². The minimum Gasteiger partial charge on any atom is -0.497 e. The lowest BCUT2D eigenvalue weighted by Crippen LogP contribution is -2.38. The predicted molar refractivity (Wildman–Crippen MR) is 119 cm³/mol. The average molecular weight is 453 g/mol. The summed E-state index contributed by atoms with van der Waals surface area (Å²) in [7, 11) is 3.54. The van der Waals surface area contributed by atoms with Crippen molar-refractivity contribution in [2.24, 2.45) is 11.8 Å². The fourth-order valence-corrected chi connectivity index (χ4v) is 5.05. The Kier molecular flexibility index (Phi) is 9.09. The van der Waals surface area contributed by atoms with Gasteiger partial charge in [0.05, 0.1) is 13.7 Å². The Bertz CT molecular complexity index is 582. The molecule has 1 aromatic carbocycles. The van der Waals surface area contributed by atoms with Gasteiger partial charge in [-0.1, -0.05) is 15.9 Å². The third kappa shape index (κ3) is 6.72. The van der Waals surface area contributed by atoms with Crippen LogP contribution in [0.25, 0.3) is 0 Å². The first-order valence-corrected chi connectivity index (χ1v) is 11.7. The van der Waals surface area contributed by atoms with Crippen LogP contribution in [-0.2, 0) is 11.2 Å². The highest BCUT2D eigenvalue weighted by Crippen LogP contribution is 2.29. The lowest BCUT2D eigenvalue weighted by molar-refractivity contribution is 0.111. The van der Waals surface area contributed by atoms with Crippen molar-refractivity contribution in [3.8, 4) is 5.75 Å². The number of methoxy groups -OCH3 is 2. The van der Waals surface area contributed by atoms with Crippen LogP contribution in [0.5, 0.6) is 5.75 Å². The van der Waals surface area contributed by atoms with E-state index in [9.17, 15) is 0 Å². The van der Waals surface area contributed by atoms with Crippen LogP contribution >= 0.6 is 15.9 Å². The number of likely N-dealkylation sites (tertiary alicyclic amines) is 2. The molecule has 2 aliphatic rings. The maximum Gasteiger partial charge on any atom is 0.119 e. The number of piperidine rings is 2. The molecule has 28 heavy (non-hydrogen) atoms. The first kappa shape index (κ1) is 22.1. The van der Waals surface area contributed by atoms with E-state index in [4.69, 9.17) is 9.47 Å². The Hall–Kier alpha value is -0.620. The second-order valence-corrected chi connectivity index (χ2v) is 9.37. The number of nitrogens with zero attached hydrogens (tertiary/aromatic N) is 2. The van der Waals surface area contributed by atoms with Crippen LogP contribution in [0.1, 0.15) is 37.7 Å². The SMILES string of the molecule is COCCN1CCC(CCN2CCC(Cc3cc(OC)ccc3Br)CC2)CC1. The van der Waals surface area contributed by atoms with Crippen LogP contribution in [0.3, 0.4) is 0 Å². The largest absolute Gasteiger partial charge is 0.497 e. The highest BCUT2D eigenvalue weighted by molar-refractivity contribution is 9.10. The molecule has 0 aliphatic carbocycles. The smallest absolute Gasteiger partial charge is 0.119 e. The zero-order chi connectivity index (χ0) is 19.8. The van der Waals surface area contributed by atoms with Gasteiger partial charge in [0.25, 0.3) is 0 Å². The Morgan fingerprint density at radius 2 is 1.57 bits per heavy atom. The molecular formula is C23H37BrN2O2. The van der Waals surface area contributed by atoms with Gasteiger partial charge in [0.1, 0.15) is 5.75 Å². The molecule has 2 heterocycles. The summed E-state index contributed by atoms with van der Waals surface area (Å²) in [4.78, 5) is 5.26. The summed E-state index contributed by atoms with van der Waals surface area (Å²) >= 11 is 3.71. The van der Waals surface area contributed by atoms with Crippen molar-refractivity contribution in [3.63, 3.8) is 0 Å². The van der Waals surface area contributed by atoms with E-state index in [1.54, 1.807) is 14.2 Å². The molecule has 0 radical (unpaired) electrons. The first-order chi connectivity index (χ1) is 13.7. The standard InChI is InChI=1S/C23H37BrN2O2/c1-27-16-15-26-11-6-19(7-12-26)5-10-25-13-8-20(9-14-25)17-21-18-22(28-2)3-4-23(21)24/h3-4,18-20H,5-17H2,1-2H3. The van der Waals surface area contributed by atoms with Crippen molar-refractivity contribution in [2.45, 2.75) is 38.5 Å². The molecule has 0 atom stereocenters. The molecule has 2 aliphatic heterocycles. The fourth-order valence-electron chi connectivity index (χ4n) is 4.64. The molecule has 2 fully saturated rings. The van der Waals surface area contributed by atoms with Gasteiger partial charge in [-0.3, -0.25) is 0 Å². The van der Waals surface area contributed by atoms with E-state index in [1.807, 2.05) is 6.07 Å². The van der Waals surface area contributed by atoms with E-state index >= 15 is 0 Å². The van der Waals surface area contributed by atoms with E-state index in [1.165, 1.54) is 74.9 Å². The topological polar surface area (TPSA) is 24.9 Å². The summed E-state index contributed by atoms with van der Waals surface area (Å²) in [6.07, 6.45) is 7.90. The van der Waals surface area contributed by atoms with Crippen LogP contribution in [0.2, 0.25) is 0 Å². The molecule has 0 bridgehead atoms. The summed E-state index contributed by atoms with van der Waals surface area (Å²) in [6, 6.07) is 6.33. The van der Waals surface area contributed by atoms with Gasteiger partial charge >= 0.3 is 0 Å². The number of ether oxygens (including phenoxy) is 2. The minimum absolute atomic E-state index is 0.795. The van der Waals surface area contributed by atoms with Crippen LogP contribution < -0.4 is 4.74 Å². The predicted octanol–water partition coefficient (Wildman–Crippen LogP) is 4.46. The Labute approximate surface area is 179 Å². The van der Waals surface area contributed by atoms with Gasteiger partial charge in [-0.05, 0) is 107 Å². The van der Waals surface area contributed by atoms with E-state index in [-0.39, 0.29) is 0 Å². The molecular weight excluding hydrogens is 416 g/mol. The maximum absolute atomic E-state index is 5.39. The number of hydrogen-bond donors (Lipinski definition) is 0. The van der Waals surface area contributed by atoms with E-state index in [0.717, 1.165) is 37.2 Å². The summed E-state index contributed by atoms with van der Waals surface area (Å²) < 4.78 is 11.8. The van der Waals surface area contributed by atoms with Crippen LogP contribution in [-0.4, -0.2) is 69.9 Å². The Morgan fingerprint density at radius 3 is 2.21 bits per heavy atom. The van der Waals surface area contributed by atoms with Gasteiger partial charge in [-0.25, -0.2) is 0 Å². The lowest BCUT2D eigenvalue weighted by atomic mass is 9.89. The number of halogens is 1. The van der Waals surface area contributed by atoms with Gasteiger partial charge in [0, 0.05) is 18.1 Å². The summed E-state index contributed by atoms with van der Waals surface area (Å²) in [6.45, 7) is 8.29. The van der Waals surface area contributed by atoms with Crippen molar-refractivity contribution >= 4 is 15.9 Å². The zero-order valence-corrected chi connectivity index (χ0v) is 19.3. The van der Waals surface area contributed by atoms with Gasteiger partial charge < -0.3 is 19.3 Å². The molecule has 158 valence electrons. The van der Waals surface area contributed by atoms with Gasteiger partial charge in [0.2, 0.25) is 0 Å². The third-order valence-electron chi connectivity index (χ3n) is 6.64. The highest BCUT2D eigenvalue weighted by Gasteiger charge is 2.23. The van der Waals surface area contributed by atoms with Crippen LogP contribution in [0.15, 0.2) is 22.7 Å². The molecule has 3 rings (SSSR count). The van der Waals surface area contributed by atoms with Crippen molar-refractivity contribution in [2.75, 3.05) is 60.1 Å². The van der Waals surface area contributed by atoms with E-state index in [0.29, 0.717) is 0 Å². The summed E-state index contributed by atoms with van der Waals surface area (Å²) in [5.41, 5.74) is 1.39. The Morgan fingerprint density at radius 1 is 0.929 bits per heavy atom. The van der Waals surface area contributed by atoms with E-state index in [2.05, 4.69) is 37.9 Å². The molecule has 0 unspecified atom stereocenters. The Balaban J connectivity index is 1.34. The normalized spacial score (nSPS) is 20.5. The average Bonchev–Trinajstić information content (AvgIpc) is 2.74. The van der Waals surface area contributed by atoms with Crippen molar-refractivity contribution < 1.29 is 9.47 Å². The molecule has 0 amide bonds. The second kappa shape index (κ2) is 11.5. The number of rotatable bonds is 9. The second-order valence-electron chi connectivity index (χ2n) is 8.51. The quantitative estimate of drug-likeness (QED) is 0.551. The van der Waals surface area contributed by atoms with Crippen molar-refractivity contribution in [1.29, 1.82) is 0 Å². The molecule has 1 aromatic rings. The number of hydrogen-bond acceptors (Lipinski definition) is 4. The fraction of sp³-hybridized carbons (Fsp3) is 0.739. The molecule has 5 heteroatoms. The lowest BCUT2D eigenvalue weighted by Gasteiger charge is -2.35. The molecule has 4 nitrogen and oxygen atoms in total. The van der Waals surface area contributed by atoms with Crippen molar-refractivity contribution in [3.05, 3.63) is 28.2 Å². The molecule has 0 spiro atoms. The van der Waals surface area contributed by atoms with Gasteiger partial charge in [0.15, 0.2) is 0 Å².